The molecule has 2 aromatic heterocycles. The van der Waals surface area contributed by atoms with Crippen LogP contribution in [-0.4, -0.2) is 40.4 Å². The van der Waals surface area contributed by atoms with E-state index in [-0.39, 0.29) is 4.91 Å². The van der Waals surface area contributed by atoms with Gasteiger partial charge >= 0.3 is 5.97 Å². The number of furan rings is 1. The van der Waals surface area contributed by atoms with Gasteiger partial charge in [-0.15, -0.1) is 5.10 Å². The lowest BCUT2D eigenvalue weighted by molar-refractivity contribution is -0.131. The van der Waals surface area contributed by atoms with Crippen molar-refractivity contribution in [2.45, 2.75) is 18.5 Å². The molecule has 0 amide bonds. The number of aromatic nitrogens is 3. The quantitative estimate of drug-likeness (QED) is 0.624. The van der Waals surface area contributed by atoms with Crippen molar-refractivity contribution in [3.8, 4) is 0 Å². The van der Waals surface area contributed by atoms with Crippen molar-refractivity contribution in [3.63, 3.8) is 0 Å². The molecule has 0 fully saturated rings. The lowest BCUT2D eigenvalue weighted by atomic mass is 10.4. The molecule has 0 saturated carbocycles. The number of nitrogens with one attached hydrogen (secondary N) is 1. The summed E-state index contributed by atoms with van der Waals surface area (Å²) in [5.41, 5.74) is 0. The molecule has 0 aromatic carbocycles. The zero-order chi connectivity index (χ0) is 15.4. The van der Waals surface area contributed by atoms with Crippen LogP contribution < -0.4 is 4.90 Å². The number of H-pyrrole nitrogens is 1. The summed E-state index contributed by atoms with van der Waals surface area (Å²) in [6.07, 6.45) is 2.17. The van der Waals surface area contributed by atoms with Gasteiger partial charge in [0.1, 0.15) is 16.5 Å². The molecule has 8 heteroatoms. The smallest absolute Gasteiger partial charge is 0.342 e. The normalized spacial score (nSPS) is 11.7. The van der Waals surface area contributed by atoms with Crippen molar-refractivity contribution in [2.75, 3.05) is 19.0 Å². The molecular weight excluding hydrogens is 292 g/mol. The largest absolute Gasteiger partial charge is 0.477 e. The molecule has 2 heterocycles. The molecule has 2 N–H and O–H groups in total. The number of carbonyl (C=O) groups is 1. The number of thioether (sulfide) groups is 1. The van der Waals surface area contributed by atoms with Crippen LogP contribution in [0.3, 0.4) is 0 Å². The van der Waals surface area contributed by atoms with Crippen molar-refractivity contribution in [3.05, 3.63) is 28.6 Å². The second kappa shape index (κ2) is 6.49. The average Bonchev–Trinajstić information content (AvgIpc) is 3.06. The molecule has 0 spiro atoms. The number of carboxylic acids is 1. The van der Waals surface area contributed by atoms with E-state index in [0.29, 0.717) is 23.2 Å². The summed E-state index contributed by atoms with van der Waals surface area (Å²) in [6.45, 7) is 1.94. The minimum atomic E-state index is -1.05. The van der Waals surface area contributed by atoms with Crippen LogP contribution in [0.4, 0.5) is 5.88 Å². The van der Waals surface area contributed by atoms with Crippen LogP contribution in [0.2, 0.25) is 0 Å². The first-order valence-electron chi connectivity index (χ1n) is 6.31. The maximum atomic E-state index is 11.3. The Morgan fingerprint density at radius 3 is 2.81 bits per heavy atom. The van der Waals surface area contributed by atoms with E-state index in [9.17, 15) is 9.90 Å². The van der Waals surface area contributed by atoms with Crippen LogP contribution in [0.25, 0.3) is 6.08 Å². The van der Waals surface area contributed by atoms with Gasteiger partial charge in [-0.3, -0.25) is 5.10 Å². The number of aromatic amines is 1. The number of hydrogen-bond acceptors (Lipinski definition) is 6. The molecule has 0 saturated heterocycles. The molecule has 2 aromatic rings. The highest BCUT2D eigenvalue weighted by Crippen LogP contribution is 2.27. The monoisotopic (exact) mass is 308 g/mol. The molecule has 0 bridgehead atoms. The Hall–Kier alpha value is -2.22. The Morgan fingerprint density at radius 2 is 2.29 bits per heavy atom. The van der Waals surface area contributed by atoms with E-state index >= 15 is 0 Å². The minimum Gasteiger partial charge on any atom is -0.477 e. The van der Waals surface area contributed by atoms with Crippen molar-refractivity contribution in [1.29, 1.82) is 0 Å². The lowest BCUT2D eigenvalue weighted by Crippen LogP contribution is -2.06. The van der Waals surface area contributed by atoms with Gasteiger partial charge in [0.2, 0.25) is 5.16 Å². The van der Waals surface area contributed by atoms with E-state index in [1.165, 1.54) is 6.08 Å². The first kappa shape index (κ1) is 15.2. The van der Waals surface area contributed by atoms with Gasteiger partial charge in [0, 0.05) is 32.7 Å². The van der Waals surface area contributed by atoms with Gasteiger partial charge in [-0.05, 0) is 17.8 Å². The highest BCUT2D eigenvalue weighted by Gasteiger charge is 2.14. The first-order valence-corrected chi connectivity index (χ1v) is 7.12. The van der Waals surface area contributed by atoms with E-state index in [2.05, 4.69) is 15.2 Å². The zero-order valence-electron chi connectivity index (χ0n) is 12.0. The molecule has 2 rings (SSSR count). The Balaban J connectivity index is 2.21. The van der Waals surface area contributed by atoms with Gasteiger partial charge in [-0.2, -0.15) is 0 Å². The molecule has 0 aliphatic heterocycles. The Morgan fingerprint density at radius 1 is 1.52 bits per heavy atom. The van der Waals surface area contributed by atoms with E-state index < -0.39 is 5.97 Å². The molecule has 0 radical (unpaired) electrons. The zero-order valence-corrected chi connectivity index (χ0v) is 12.8. The lowest BCUT2D eigenvalue weighted by Gasteiger charge is -2.06. The van der Waals surface area contributed by atoms with Crippen LogP contribution in [0.1, 0.15) is 18.5 Å². The first-order chi connectivity index (χ1) is 9.99. The number of anilines is 1. The van der Waals surface area contributed by atoms with Crippen LogP contribution in [0.15, 0.2) is 26.6 Å². The number of aryl methyl sites for hydroxylation is 1. The Bertz CT molecular complexity index is 660. The minimum absolute atomic E-state index is 0.0938. The number of carboxylic acid groups (broad SMARTS) is 1. The summed E-state index contributed by atoms with van der Waals surface area (Å²) in [6, 6.07) is 3.49. The predicted molar refractivity (Wildman–Crippen MR) is 80.3 cm³/mol. The van der Waals surface area contributed by atoms with Crippen molar-refractivity contribution in [1.82, 2.24) is 15.2 Å². The number of hydrogen-bond donors (Lipinski definition) is 2. The molecule has 0 atom stereocenters. The summed E-state index contributed by atoms with van der Waals surface area (Å²) in [5, 5.41) is 16.4. The summed E-state index contributed by atoms with van der Waals surface area (Å²) in [5.74, 6) is 0.790. The maximum absolute atomic E-state index is 11.3. The summed E-state index contributed by atoms with van der Waals surface area (Å²) < 4.78 is 5.51. The van der Waals surface area contributed by atoms with Gasteiger partial charge in [0.25, 0.3) is 0 Å². The Labute approximate surface area is 126 Å². The fourth-order valence-corrected chi connectivity index (χ4v) is 2.21. The summed E-state index contributed by atoms with van der Waals surface area (Å²) in [7, 11) is 3.69. The molecule has 7 nitrogen and oxygen atoms in total. The summed E-state index contributed by atoms with van der Waals surface area (Å²) >= 11 is 0.980. The molecule has 21 heavy (non-hydrogen) atoms. The van der Waals surface area contributed by atoms with Crippen LogP contribution in [-0.2, 0) is 11.2 Å². The van der Waals surface area contributed by atoms with Crippen molar-refractivity contribution >= 4 is 29.7 Å². The fourth-order valence-electron chi connectivity index (χ4n) is 1.50. The predicted octanol–water partition coefficient (Wildman–Crippen LogP) is 2.24. The number of rotatable bonds is 6. The van der Waals surface area contributed by atoms with E-state index in [1.807, 2.05) is 21.0 Å². The Kier molecular flexibility index (Phi) is 4.69. The van der Waals surface area contributed by atoms with Crippen LogP contribution in [0, 0.1) is 0 Å². The SMILES string of the molecule is CCc1nc(S/C(=C/c2ccc(N(C)C)o2)C(=O)O)n[nH]1. The van der Waals surface area contributed by atoms with Gasteiger partial charge < -0.3 is 14.4 Å². The van der Waals surface area contributed by atoms with E-state index in [0.717, 1.165) is 17.6 Å². The third-order valence-corrected chi connectivity index (χ3v) is 3.46. The number of aliphatic carboxylic acids is 1. The van der Waals surface area contributed by atoms with Crippen LogP contribution >= 0.6 is 11.8 Å². The molecule has 0 aliphatic carbocycles. The number of nitrogens with zero attached hydrogens (tertiary/aromatic N) is 3. The van der Waals surface area contributed by atoms with Crippen molar-refractivity contribution in [2.24, 2.45) is 0 Å². The topological polar surface area (TPSA) is 95.2 Å². The van der Waals surface area contributed by atoms with Crippen molar-refractivity contribution < 1.29 is 14.3 Å². The highest BCUT2D eigenvalue weighted by atomic mass is 32.2. The second-order valence-corrected chi connectivity index (χ2v) is 5.41. The molecule has 0 unspecified atom stereocenters. The van der Waals surface area contributed by atoms with Gasteiger partial charge in [0.05, 0.1) is 0 Å². The van der Waals surface area contributed by atoms with E-state index in [4.69, 9.17) is 4.42 Å². The standard InChI is InChI=1S/C13H16N4O3S/c1-4-10-14-13(16-15-10)21-9(12(18)19)7-8-5-6-11(20-8)17(2)3/h5-7H,4H2,1-3H3,(H,18,19)(H,14,15,16)/b9-7+. The van der Waals surface area contributed by atoms with E-state index in [1.54, 1.807) is 17.0 Å². The maximum Gasteiger partial charge on any atom is 0.342 e. The highest BCUT2D eigenvalue weighted by molar-refractivity contribution is 8.04. The molecule has 0 aliphatic rings. The van der Waals surface area contributed by atoms with Crippen LogP contribution in [0.5, 0.6) is 0 Å². The average molecular weight is 308 g/mol. The fraction of sp³-hybridized carbons (Fsp3) is 0.308. The van der Waals surface area contributed by atoms with Gasteiger partial charge in [-0.25, -0.2) is 9.78 Å². The van der Waals surface area contributed by atoms with Gasteiger partial charge in [-0.1, -0.05) is 6.92 Å². The third-order valence-electron chi connectivity index (χ3n) is 2.58. The molecule has 112 valence electrons. The molecular formula is C13H16N4O3S. The summed E-state index contributed by atoms with van der Waals surface area (Å²) in [4.78, 5) is 17.4. The van der Waals surface area contributed by atoms with Gasteiger partial charge in [0.15, 0.2) is 5.88 Å². The third kappa shape index (κ3) is 3.88. The second-order valence-electron chi connectivity index (χ2n) is 4.40.